The summed E-state index contributed by atoms with van der Waals surface area (Å²) >= 11 is 0. The van der Waals surface area contributed by atoms with Crippen LogP contribution in [0.4, 0.5) is 72.7 Å². The second-order valence-corrected chi connectivity index (χ2v) is 33.7. The van der Waals surface area contributed by atoms with E-state index in [4.69, 9.17) is 4.74 Å². The zero-order valence-corrected chi connectivity index (χ0v) is 73.3. The van der Waals surface area contributed by atoms with Gasteiger partial charge in [-0.2, -0.15) is 15.0 Å². The standard InChI is InChI=1S/C33H30F4N6O4.C30H28F3N7O3.C30H27F3N6O4/c1-7-20(45)41-13-18-32(46)40(6)29-23-30(26(37)22(25(29)36)21-19(44)9-8-17(34)24(21)35)43(28-15(4)10-11-38-27(28)14(2)3)33(47)39-31(23)42(18)12-16(41)5;1-5-19(42)38-10-11-39-16(13-38)12-35-25-21-28(39)37-30(43)40(27-15(4)8-9-34-24(27)14(2)3)29(21)36-26(23(25)33)20-18(41)7-6-17(31)22(20)32;1-5-19(41)37-10-11-38-16(12-37)13-43-27-21-28(38)36-30(42)39(26-15(4)8-9-34-24(26)14(2)3)29(21)35-25(23(27)33)20-18(40)7-6-17(31)22(20)32/h7-11,14,16,18,44H,1,12-13H2,2-6H3;5-9,14,16,35,41H,1,10-13H2,2-4H3;5-9,14,16,40H,1,10-13H2,2-4H3. The molecular formula is C93H85F10N19O11. The first-order valence-electron chi connectivity index (χ1n) is 42.2. The molecule has 0 bridgehead atoms. The fourth-order valence-corrected chi connectivity index (χ4v) is 18.2. The molecule has 40 heteroatoms. The zero-order chi connectivity index (χ0) is 95.7. The van der Waals surface area contributed by atoms with Crippen LogP contribution >= 0.6 is 0 Å². The third-order valence-electron chi connectivity index (χ3n) is 24.6. The molecule has 0 saturated carbocycles. The quantitative estimate of drug-likeness (QED) is 0.0652. The molecular weight excluding hydrogens is 1750 g/mol. The van der Waals surface area contributed by atoms with Crippen LogP contribution < -0.4 is 46.7 Å². The van der Waals surface area contributed by atoms with Crippen molar-refractivity contribution in [3.05, 3.63) is 235 Å². The second-order valence-electron chi connectivity index (χ2n) is 33.7. The fourth-order valence-electron chi connectivity index (χ4n) is 18.2. The van der Waals surface area contributed by atoms with Crippen molar-refractivity contribution in [1.82, 2.24) is 68.3 Å². The number of carbonyl (C=O) groups is 4. The Morgan fingerprint density at radius 1 is 0.466 bits per heavy atom. The number of phenolic OH excluding ortho intramolecular Hbond substituents is 3. The van der Waals surface area contributed by atoms with Gasteiger partial charge in [0.2, 0.25) is 17.7 Å². The number of aromatic nitrogens is 11. The number of rotatable bonds is 12. The molecule has 0 radical (unpaired) electrons. The van der Waals surface area contributed by atoms with E-state index in [1.54, 1.807) is 86.8 Å². The molecule has 14 heterocycles. The van der Waals surface area contributed by atoms with Gasteiger partial charge in [-0.3, -0.25) is 38.7 Å². The van der Waals surface area contributed by atoms with Crippen LogP contribution in [0.1, 0.15) is 100.0 Å². The molecule has 4 amide bonds. The number of amides is 4. The Hall–Kier alpha value is -15.2. The maximum absolute atomic E-state index is 17.3. The number of carbonyl (C=O) groups excluding carboxylic acids is 4. The molecule has 6 aliphatic rings. The van der Waals surface area contributed by atoms with Crippen LogP contribution in [0.2, 0.25) is 0 Å². The summed E-state index contributed by atoms with van der Waals surface area (Å²) in [6.45, 7) is 29.9. The lowest BCUT2D eigenvalue weighted by Gasteiger charge is -2.44. The first kappa shape index (κ1) is 91.2. The molecule has 4 aromatic carbocycles. The average molecular weight is 1830 g/mol. The number of fused-ring (bicyclic) bond motifs is 6. The van der Waals surface area contributed by atoms with Gasteiger partial charge in [0.25, 0.3) is 5.91 Å². The monoisotopic (exact) mass is 1830 g/mol. The minimum atomic E-state index is -1.75. The molecule has 18 rings (SSSR count). The zero-order valence-electron chi connectivity index (χ0n) is 73.3. The van der Waals surface area contributed by atoms with E-state index in [1.165, 1.54) is 44.3 Å². The Morgan fingerprint density at radius 2 is 0.887 bits per heavy atom. The molecule has 3 fully saturated rings. The summed E-state index contributed by atoms with van der Waals surface area (Å²) in [7, 11) is 1.21. The Balaban J connectivity index is 0.000000146. The van der Waals surface area contributed by atoms with E-state index in [1.807, 2.05) is 32.6 Å². The fraction of sp³-hybridized carbons (Fsp3) is 0.301. The number of anilines is 5. The molecule has 6 aliphatic heterocycles. The molecule has 4 atom stereocenters. The predicted octanol–water partition coefficient (Wildman–Crippen LogP) is 12.7. The second kappa shape index (κ2) is 34.9. The molecule has 0 spiro atoms. The number of nitrogens with zero attached hydrogens (tertiary/aromatic N) is 18. The highest BCUT2D eigenvalue weighted by atomic mass is 19.2. The van der Waals surface area contributed by atoms with Gasteiger partial charge in [0.1, 0.15) is 69.6 Å². The third-order valence-corrected chi connectivity index (χ3v) is 24.6. The topological polar surface area (TPSA) is 342 Å². The van der Waals surface area contributed by atoms with Gasteiger partial charge < -0.3 is 59.7 Å². The van der Waals surface area contributed by atoms with Crippen LogP contribution in [0, 0.1) is 78.9 Å². The van der Waals surface area contributed by atoms with Crippen molar-refractivity contribution in [2.45, 2.75) is 111 Å². The number of piperazine rings is 3. The minimum Gasteiger partial charge on any atom is -0.507 e. The largest absolute Gasteiger partial charge is 0.507 e. The molecule has 3 saturated heterocycles. The van der Waals surface area contributed by atoms with Gasteiger partial charge in [-0.05, 0) is 135 Å². The van der Waals surface area contributed by atoms with Crippen LogP contribution in [-0.2, 0) is 19.2 Å². The number of likely N-dealkylation sites (N-methyl/N-ethyl adjacent to an activating group) is 1. The van der Waals surface area contributed by atoms with Gasteiger partial charge >= 0.3 is 17.1 Å². The molecule has 12 aromatic rings. The number of aromatic hydroxyl groups is 3. The summed E-state index contributed by atoms with van der Waals surface area (Å²) in [4.78, 5) is 139. The van der Waals surface area contributed by atoms with E-state index < -0.39 is 179 Å². The lowest BCUT2D eigenvalue weighted by molar-refractivity contribution is -0.131. The first-order valence-corrected chi connectivity index (χ1v) is 42.2. The van der Waals surface area contributed by atoms with Crippen molar-refractivity contribution < 1.29 is 83.1 Å². The molecule has 4 N–H and O–H groups in total. The number of hydrogen-bond acceptors (Lipinski definition) is 23. The third kappa shape index (κ3) is 15.1. The van der Waals surface area contributed by atoms with Crippen LogP contribution in [-0.4, -0.2) is 204 Å². The van der Waals surface area contributed by atoms with Crippen molar-refractivity contribution in [3.8, 4) is 73.7 Å². The number of hydrogen-bond donors (Lipinski definition) is 4. The summed E-state index contributed by atoms with van der Waals surface area (Å²) in [5.41, 5.74) is -5.44. The van der Waals surface area contributed by atoms with E-state index in [-0.39, 0.29) is 145 Å². The van der Waals surface area contributed by atoms with Crippen LogP contribution in [0.15, 0.2) is 126 Å². The first-order chi connectivity index (χ1) is 63.3. The summed E-state index contributed by atoms with van der Waals surface area (Å²) in [5, 5.41) is 34.6. The molecule has 4 unspecified atom stereocenters. The molecule has 133 heavy (non-hydrogen) atoms. The van der Waals surface area contributed by atoms with Crippen molar-refractivity contribution in [2.75, 3.05) is 97.5 Å². The van der Waals surface area contributed by atoms with E-state index in [0.717, 1.165) is 39.8 Å². The predicted molar refractivity (Wildman–Crippen MR) is 474 cm³/mol. The van der Waals surface area contributed by atoms with Gasteiger partial charge in [0.05, 0.1) is 97.2 Å². The van der Waals surface area contributed by atoms with Crippen molar-refractivity contribution in [3.63, 3.8) is 0 Å². The van der Waals surface area contributed by atoms with Gasteiger partial charge in [-0.1, -0.05) is 61.3 Å². The van der Waals surface area contributed by atoms with E-state index in [9.17, 15) is 62.1 Å². The van der Waals surface area contributed by atoms with E-state index in [0.29, 0.717) is 63.8 Å². The van der Waals surface area contributed by atoms with Crippen LogP contribution in [0.5, 0.6) is 23.0 Å². The molecule has 30 nitrogen and oxygen atoms in total. The maximum atomic E-state index is 17.3. The Bertz CT molecular complexity index is 6940. The average Bonchev–Trinajstić information content (AvgIpc) is 1.65. The summed E-state index contributed by atoms with van der Waals surface area (Å²) in [6, 6.07) is 6.83. The van der Waals surface area contributed by atoms with E-state index >= 15 is 30.7 Å². The summed E-state index contributed by atoms with van der Waals surface area (Å²) in [6.07, 6.45) is 8.21. The molecule has 688 valence electrons. The van der Waals surface area contributed by atoms with Crippen molar-refractivity contribution >= 4 is 85.4 Å². The normalized spacial score (nSPS) is 16.8. The molecule has 0 aliphatic carbocycles. The maximum Gasteiger partial charge on any atom is 0.355 e. The van der Waals surface area contributed by atoms with Crippen molar-refractivity contribution in [2.24, 2.45) is 0 Å². The van der Waals surface area contributed by atoms with Crippen LogP contribution in [0.25, 0.3) is 83.7 Å². The highest BCUT2D eigenvalue weighted by Crippen LogP contribution is 2.51. The molecule has 8 aromatic heterocycles. The summed E-state index contributed by atoms with van der Waals surface area (Å²) < 4.78 is 165. The highest BCUT2D eigenvalue weighted by Gasteiger charge is 2.48. The van der Waals surface area contributed by atoms with Gasteiger partial charge in [0, 0.05) is 84.0 Å². The lowest BCUT2D eigenvalue weighted by Crippen LogP contribution is -2.63. The number of nitrogens with one attached hydrogen (secondary N) is 1. The minimum absolute atomic E-state index is 0.0288. The van der Waals surface area contributed by atoms with Gasteiger partial charge in [0.15, 0.2) is 75.2 Å². The SMILES string of the molecule is C=CC(=O)N1CC2C(=O)N(C)c3c(F)c(-c4c(O)ccc(F)c4F)c(F)c4c3c(nc(=O)n4-c3c(C)ccnc3C(C)C)N2CC1C.C=CC(=O)N1CCN2c3nc(=O)n(-c4c(C)ccnc4C(C)C)c4nc(-c5c(O)ccc(F)c5F)c(F)c(c34)NCC2C1.C=CC(=O)N1CCN2c3nc(=O)n(-c4c(C)ccnc4C(C)C)c4nc(-c5c(O)ccc(F)c5F)c(F)c(c34)OCC2C1. The Kier molecular flexibility index (Phi) is 24.0. The number of benzene rings is 4. The number of aryl methyl sites for hydroxylation is 3. The number of ether oxygens (including phenoxy) is 1. The Labute approximate surface area is 750 Å². The number of halogens is 10. The van der Waals surface area contributed by atoms with Crippen molar-refractivity contribution in [1.29, 1.82) is 0 Å². The summed E-state index contributed by atoms with van der Waals surface area (Å²) in [5.74, 6) is -19.4. The lowest BCUT2D eigenvalue weighted by atomic mass is 9.97. The smallest absolute Gasteiger partial charge is 0.355 e. The number of phenols is 3. The highest BCUT2D eigenvalue weighted by molar-refractivity contribution is 6.15. The number of pyridine rings is 5. The van der Waals surface area contributed by atoms with Gasteiger partial charge in [-0.15, -0.1) is 0 Å². The Morgan fingerprint density at radius 3 is 1.37 bits per heavy atom. The van der Waals surface area contributed by atoms with E-state index in [2.05, 4.69) is 64.9 Å². The van der Waals surface area contributed by atoms with Crippen LogP contribution in [0.3, 0.4) is 0 Å². The van der Waals surface area contributed by atoms with Gasteiger partial charge in [-0.25, -0.2) is 77.4 Å².